The van der Waals surface area contributed by atoms with E-state index in [1.165, 1.54) is 7.11 Å². The standard InChI is InChI=1S/C26H25ClN4O3.ClH/c1-34-25(32)19-4-2-3-18(15-19)17-30-23-10-5-20(27)16-24(23)31(26(30)33)22-8-6-21(7-9-22)29-13-11-28-12-14-29;/h2-10,15-16,28H,11-14,17H2,1H3;1H. The minimum Gasteiger partial charge on any atom is -0.465 e. The third kappa shape index (κ3) is 4.93. The molecule has 0 bridgehead atoms. The van der Waals surface area contributed by atoms with Crippen LogP contribution in [0.2, 0.25) is 5.02 Å². The fraction of sp³-hybridized carbons (Fsp3) is 0.231. The van der Waals surface area contributed by atoms with E-state index in [2.05, 4.69) is 22.3 Å². The number of benzene rings is 3. The average Bonchev–Trinajstić information content (AvgIpc) is 3.14. The summed E-state index contributed by atoms with van der Waals surface area (Å²) >= 11 is 6.31. The quantitative estimate of drug-likeness (QED) is 0.407. The van der Waals surface area contributed by atoms with E-state index in [-0.39, 0.29) is 18.1 Å². The number of imidazole rings is 1. The Morgan fingerprint density at radius 2 is 1.69 bits per heavy atom. The Hall–Kier alpha value is -3.26. The summed E-state index contributed by atoms with van der Waals surface area (Å²) in [6.45, 7) is 4.15. The molecule has 9 heteroatoms. The van der Waals surface area contributed by atoms with Crippen LogP contribution in [0.5, 0.6) is 0 Å². The molecule has 7 nitrogen and oxygen atoms in total. The Balaban J connectivity index is 0.00000289. The number of esters is 1. The Labute approximate surface area is 214 Å². The number of nitrogens with one attached hydrogen (secondary N) is 1. The first-order valence-corrected chi connectivity index (χ1v) is 11.6. The van der Waals surface area contributed by atoms with Gasteiger partial charge in [-0.1, -0.05) is 23.7 Å². The maximum absolute atomic E-state index is 13.6. The van der Waals surface area contributed by atoms with Crippen molar-refractivity contribution in [2.45, 2.75) is 6.54 Å². The predicted octanol–water partition coefficient (Wildman–Crippen LogP) is 4.11. The number of carbonyl (C=O) groups is 1. The lowest BCUT2D eigenvalue weighted by molar-refractivity contribution is 0.0600. The second-order valence-corrected chi connectivity index (χ2v) is 8.72. The molecule has 0 unspecified atom stereocenters. The van der Waals surface area contributed by atoms with Gasteiger partial charge in [0.2, 0.25) is 0 Å². The molecule has 0 atom stereocenters. The van der Waals surface area contributed by atoms with Gasteiger partial charge >= 0.3 is 11.7 Å². The van der Waals surface area contributed by atoms with E-state index in [0.29, 0.717) is 17.1 Å². The molecule has 1 aliphatic heterocycles. The van der Waals surface area contributed by atoms with Crippen LogP contribution in [0.25, 0.3) is 16.7 Å². The molecule has 3 aromatic carbocycles. The molecule has 35 heavy (non-hydrogen) atoms. The van der Waals surface area contributed by atoms with Gasteiger partial charge in [0, 0.05) is 36.9 Å². The summed E-state index contributed by atoms with van der Waals surface area (Å²) in [5.74, 6) is -0.409. The highest BCUT2D eigenvalue weighted by Gasteiger charge is 2.17. The molecule has 0 spiro atoms. The van der Waals surface area contributed by atoms with Crippen molar-refractivity contribution in [2.75, 3.05) is 38.2 Å². The van der Waals surface area contributed by atoms with Crippen molar-refractivity contribution in [1.82, 2.24) is 14.5 Å². The summed E-state index contributed by atoms with van der Waals surface area (Å²) in [6.07, 6.45) is 0. The van der Waals surface area contributed by atoms with Crippen LogP contribution in [0.3, 0.4) is 0 Å². The number of nitrogens with zero attached hydrogens (tertiary/aromatic N) is 3. The molecular formula is C26H26Cl2N4O3. The zero-order valence-corrected chi connectivity index (χ0v) is 20.8. The summed E-state index contributed by atoms with van der Waals surface area (Å²) in [6, 6.07) is 20.6. The van der Waals surface area contributed by atoms with Crippen molar-refractivity contribution < 1.29 is 9.53 Å². The number of carbonyl (C=O) groups excluding carboxylic acids is 1. The van der Waals surface area contributed by atoms with Crippen molar-refractivity contribution in [3.05, 3.63) is 93.4 Å². The van der Waals surface area contributed by atoms with Crippen LogP contribution in [-0.4, -0.2) is 48.4 Å². The number of hydrogen-bond donors (Lipinski definition) is 1. The molecule has 1 fully saturated rings. The molecule has 1 N–H and O–H groups in total. The highest BCUT2D eigenvalue weighted by atomic mass is 35.5. The molecule has 1 saturated heterocycles. The second kappa shape index (κ2) is 10.6. The van der Waals surface area contributed by atoms with Crippen LogP contribution in [0.1, 0.15) is 15.9 Å². The van der Waals surface area contributed by atoms with Gasteiger partial charge in [0.1, 0.15) is 0 Å². The van der Waals surface area contributed by atoms with Crippen molar-refractivity contribution in [3.63, 3.8) is 0 Å². The number of ether oxygens (including phenoxy) is 1. The van der Waals surface area contributed by atoms with E-state index >= 15 is 0 Å². The largest absolute Gasteiger partial charge is 0.465 e. The third-order valence-electron chi connectivity index (χ3n) is 6.17. The lowest BCUT2D eigenvalue weighted by Gasteiger charge is -2.29. The van der Waals surface area contributed by atoms with E-state index in [9.17, 15) is 9.59 Å². The van der Waals surface area contributed by atoms with Gasteiger partial charge < -0.3 is 15.0 Å². The molecular weight excluding hydrogens is 487 g/mol. The van der Waals surface area contributed by atoms with Crippen LogP contribution in [0, 0.1) is 0 Å². The first kappa shape index (κ1) is 24.9. The first-order chi connectivity index (χ1) is 16.5. The van der Waals surface area contributed by atoms with Crippen molar-refractivity contribution in [2.24, 2.45) is 0 Å². The second-order valence-electron chi connectivity index (χ2n) is 8.28. The van der Waals surface area contributed by atoms with E-state index in [0.717, 1.165) is 54.2 Å². The molecule has 1 aliphatic rings. The molecule has 182 valence electrons. The van der Waals surface area contributed by atoms with E-state index in [1.807, 2.05) is 30.3 Å². The zero-order chi connectivity index (χ0) is 23.7. The van der Waals surface area contributed by atoms with Gasteiger partial charge in [-0.05, 0) is 60.2 Å². The van der Waals surface area contributed by atoms with Gasteiger partial charge in [0.25, 0.3) is 0 Å². The molecule has 0 amide bonds. The lowest BCUT2D eigenvalue weighted by atomic mass is 10.1. The molecule has 5 rings (SSSR count). The summed E-state index contributed by atoms with van der Waals surface area (Å²) in [4.78, 5) is 27.9. The van der Waals surface area contributed by atoms with Crippen LogP contribution >= 0.6 is 24.0 Å². The maximum Gasteiger partial charge on any atom is 0.337 e. The number of piperazine rings is 1. The van der Waals surface area contributed by atoms with Gasteiger partial charge in [-0.25, -0.2) is 9.59 Å². The highest BCUT2D eigenvalue weighted by Crippen LogP contribution is 2.24. The fourth-order valence-corrected chi connectivity index (χ4v) is 4.63. The molecule has 2 heterocycles. The summed E-state index contributed by atoms with van der Waals surface area (Å²) in [5.41, 5.74) is 4.52. The Morgan fingerprint density at radius 1 is 0.971 bits per heavy atom. The maximum atomic E-state index is 13.6. The highest BCUT2D eigenvalue weighted by molar-refractivity contribution is 6.31. The predicted molar refractivity (Wildman–Crippen MR) is 142 cm³/mol. The molecule has 0 radical (unpaired) electrons. The monoisotopic (exact) mass is 512 g/mol. The van der Waals surface area contributed by atoms with Crippen LogP contribution in [0.4, 0.5) is 5.69 Å². The van der Waals surface area contributed by atoms with Gasteiger partial charge in [-0.3, -0.25) is 9.13 Å². The number of fused-ring (bicyclic) bond motifs is 1. The average molecular weight is 513 g/mol. The Kier molecular flexibility index (Phi) is 7.50. The van der Waals surface area contributed by atoms with E-state index < -0.39 is 5.97 Å². The van der Waals surface area contributed by atoms with Crippen molar-refractivity contribution in [1.29, 1.82) is 0 Å². The van der Waals surface area contributed by atoms with Gasteiger partial charge in [0.05, 0.1) is 35.9 Å². The summed E-state index contributed by atoms with van der Waals surface area (Å²) < 4.78 is 8.22. The summed E-state index contributed by atoms with van der Waals surface area (Å²) in [7, 11) is 1.35. The van der Waals surface area contributed by atoms with Crippen molar-refractivity contribution in [3.8, 4) is 5.69 Å². The molecule has 4 aromatic rings. The number of rotatable bonds is 5. The van der Waals surface area contributed by atoms with Gasteiger partial charge in [0.15, 0.2) is 0 Å². The first-order valence-electron chi connectivity index (χ1n) is 11.2. The number of hydrogen-bond acceptors (Lipinski definition) is 5. The van der Waals surface area contributed by atoms with Gasteiger partial charge in [-0.15, -0.1) is 12.4 Å². The Morgan fingerprint density at radius 3 is 2.40 bits per heavy atom. The zero-order valence-electron chi connectivity index (χ0n) is 19.2. The summed E-state index contributed by atoms with van der Waals surface area (Å²) in [5, 5.41) is 3.92. The van der Waals surface area contributed by atoms with Crippen LogP contribution < -0.4 is 15.9 Å². The molecule has 0 saturated carbocycles. The molecule has 0 aliphatic carbocycles. The number of anilines is 1. The number of methoxy groups -OCH3 is 1. The number of aromatic nitrogens is 2. The smallest absolute Gasteiger partial charge is 0.337 e. The topological polar surface area (TPSA) is 68.5 Å². The SMILES string of the molecule is COC(=O)c1cccc(Cn2c(=O)n(-c3ccc(N4CCNCC4)cc3)c3cc(Cl)ccc32)c1.Cl. The lowest BCUT2D eigenvalue weighted by Crippen LogP contribution is -2.43. The van der Waals surface area contributed by atoms with E-state index in [4.69, 9.17) is 16.3 Å². The Bertz CT molecular complexity index is 1410. The van der Waals surface area contributed by atoms with Crippen LogP contribution in [0.15, 0.2) is 71.5 Å². The van der Waals surface area contributed by atoms with Gasteiger partial charge in [-0.2, -0.15) is 0 Å². The minimum atomic E-state index is -0.409. The minimum absolute atomic E-state index is 0. The normalized spacial score (nSPS) is 13.5. The van der Waals surface area contributed by atoms with E-state index in [1.54, 1.807) is 33.4 Å². The third-order valence-corrected chi connectivity index (χ3v) is 6.41. The number of halogens is 2. The van der Waals surface area contributed by atoms with Crippen LogP contribution in [-0.2, 0) is 11.3 Å². The fourth-order valence-electron chi connectivity index (χ4n) is 4.47. The van der Waals surface area contributed by atoms with Crippen molar-refractivity contribution >= 4 is 46.7 Å². The molecule has 1 aromatic heterocycles.